The van der Waals surface area contributed by atoms with Crippen LogP contribution in [0.3, 0.4) is 0 Å². The summed E-state index contributed by atoms with van der Waals surface area (Å²) in [6.45, 7) is -0.311. The van der Waals surface area contributed by atoms with E-state index in [2.05, 4.69) is 30.9 Å². The number of anilines is 1. The molecule has 0 radical (unpaired) electrons. The molecule has 0 spiro atoms. The van der Waals surface area contributed by atoms with Gasteiger partial charge >= 0.3 is 12.0 Å². The molecule has 14 heteroatoms. The summed E-state index contributed by atoms with van der Waals surface area (Å²) in [4.78, 5) is 34.9. The number of aliphatic hydroxyl groups is 2. The van der Waals surface area contributed by atoms with Gasteiger partial charge in [0.25, 0.3) is 0 Å². The summed E-state index contributed by atoms with van der Waals surface area (Å²) in [5, 5.41) is 46.6. The van der Waals surface area contributed by atoms with Gasteiger partial charge in [0.2, 0.25) is 0 Å². The van der Waals surface area contributed by atoms with E-state index in [-0.39, 0.29) is 12.3 Å². The Hall–Kier alpha value is -4.01. The number of rotatable bonds is 8. The number of nitrogens with one attached hydrogen (secondary N) is 3. The highest BCUT2D eigenvalue weighted by Crippen LogP contribution is 2.32. The Bertz CT molecular complexity index is 1170. The third-order valence-electron chi connectivity index (χ3n) is 5.23. The number of carbonyl (C=O) groups is 2. The maximum Gasteiger partial charge on any atom is 0.323 e. The number of hydrogen-bond donors (Lipinski definition) is 7. The van der Waals surface area contributed by atoms with Crippen molar-refractivity contribution in [2.24, 2.45) is 0 Å². The average Bonchev–Trinajstić information content (AvgIpc) is 3.37. The summed E-state index contributed by atoms with van der Waals surface area (Å²) in [5.74, 6) is -0.592. The number of carbonyl (C=O) groups excluding carboxylic acids is 1. The highest BCUT2D eigenvalue weighted by molar-refractivity contribution is 5.82. The number of carboxylic acid groups (broad SMARTS) is 1. The lowest BCUT2D eigenvalue weighted by molar-refractivity contribution is -0.135. The lowest BCUT2D eigenvalue weighted by Gasteiger charge is -2.16. The lowest BCUT2D eigenvalue weighted by atomic mass is 10.1. The van der Waals surface area contributed by atoms with Crippen molar-refractivity contribution in [2.75, 3.05) is 18.4 Å². The summed E-state index contributed by atoms with van der Waals surface area (Å²) in [7, 11) is 0. The van der Waals surface area contributed by atoms with Crippen molar-refractivity contribution in [2.45, 2.75) is 31.1 Å². The van der Waals surface area contributed by atoms with Crippen molar-refractivity contribution in [1.29, 1.82) is 0 Å². The van der Waals surface area contributed by atoms with E-state index in [0.29, 0.717) is 23.5 Å². The van der Waals surface area contributed by atoms with E-state index in [1.54, 1.807) is 24.3 Å². The van der Waals surface area contributed by atoms with Crippen LogP contribution in [-0.4, -0.2) is 83.3 Å². The fraction of sp³-hybridized carbons (Fsp3) is 0.350. The first kappa shape index (κ1) is 23.2. The van der Waals surface area contributed by atoms with Crippen LogP contribution in [0.15, 0.2) is 36.9 Å². The number of aromatic hydroxyl groups is 1. The lowest BCUT2D eigenvalue weighted by Crippen LogP contribution is -2.44. The van der Waals surface area contributed by atoms with Crippen molar-refractivity contribution in [3.8, 4) is 5.75 Å². The number of aliphatic hydroxyl groups excluding tert-OH is 2. The zero-order valence-corrected chi connectivity index (χ0v) is 17.7. The largest absolute Gasteiger partial charge is 0.508 e. The van der Waals surface area contributed by atoms with E-state index in [4.69, 9.17) is 9.84 Å². The third kappa shape index (κ3) is 4.98. The number of imidazole rings is 1. The number of ether oxygens (including phenoxy) is 1. The molecule has 3 aromatic rings. The molecular weight excluding hydrogens is 450 g/mol. The number of fused-ring (bicyclic) bond motifs is 1. The van der Waals surface area contributed by atoms with Gasteiger partial charge in [0, 0.05) is 13.1 Å². The van der Waals surface area contributed by atoms with Crippen molar-refractivity contribution in [1.82, 2.24) is 30.2 Å². The predicted octanol–water partition coefficient (Wildman–Crippen LogP) is -0.853. The Balaban J connectivity index is 1.44. The van der Waals surface area contributed by atoms with Crippen LogP contribution < -0.4 is 16.0 Å². The Morgan fingerprint density at radius 1 is 1.06 bits per heavy atom. The van der Waals surface area contributed by atoms with Gasteiger partial charge in [0.15, 0.2) is 23.2 Å². The molecule has 180 valence electrons. The molecule has 2 aromatic heterocycles. The van der Waals surface area contributed by atoms with Crippen LogP contribution in [0.1, 0.15) is 11.8 Å². The molecule has 3 heterocycles. The van der Waals surface area contributed by atoms with E-state index in [1.165, 1.54) is 17.2 Å². The number of amides is 2. The van der Waals surface area contributed by atoms with E-state index in [0.717, 1.165) is 5.56 Å². The minimum absolute atomic E-state index is 0.165. The normalized spacial score (nSPS) is 21.9. The van der Waals surface area contributed by atoms with Gasteiger partial charge in [-0.3, -0.25) is 9.36 Å². The third-order valence-corrected chi connectivity index (χ3v) is 5.23. The molecule has 1 aliphatic heterocycles. The van der Waals surface area contributed by atoms with Crippen LogP contribution >= 0.6 is 0 Å². The van der Waals surface area contributed by atoms with Crippen molar-refractivity contribution in [3.05, 3.63) is 42.5 Å². The van der Waals surface area contributed by atoms with Crippen LogP contribution in [0, 0.1) is 0 Å². The molecule has 14 nitrogen and oxygen atoms in total. The topological polar surface area (TPSA) is 204 Å². The second kappa shape index (κ2) is 9.86. The standard InChI is InChI=1S/C20H23N7O7/c28-11-3-1-10(2-4-11)5-21-17-14-18(25-8-24-17)27(9-26-14)19-16(32)15(31)12(34-19)6-22-20(33)23-7-13(29)30/h1-4,8-9,12,15-16,19,28,31-32H,5-7H2,(H,29,30)(H,21,24,25)(H2,22,23,33). The molecule has 2 amide bonds. The average molecular weight is 473 g/mol. The monoisotopic (exact) mass is 473 g/mol. The molecule has 7 N–H and O–H groups in total. The van der Waals surface area contributed by atoms with Gasteiger partial charge < -0.3 is 41.1 Å². The van der Waals surface area contributed by atoms with Gasteiger partial charge in [-0.2, -0.15) is 0 Å². The number of hydrogen-bond acceptors (Lipinski definition) is 10. The van der Waals surface area contributed by atoms with E-state index < -0.39 is 43.1 Å². The number of carboxylic acids is 1. The molecule has 4 unspecified atom stereocenters. The van der Waals surface area contributed by atoms with Gasteiger partial charge in [-0.25, -0.2) is 19.7 Å². The van der Waals surface area contributed by atoms with Gasteiger partial charge in [0.1, 0.15) is 36.9 Å². The molecule has 4 atom stereocenters. The molecule has 0 bridgehead atoms. The molecular formula is C20H23N7O7. The molecule has 34 heavy (non-hydrogen) atoms. The van der Waals surface area contributed by atoms with Crippen LogP contribution in [0.5, 0.6) is 5.75 Å². The van der Waals surface area contributed by atoms with Gasteiger partial charge in [0.05, 0.1) is 6.33 Å². The van der Waals surface area contributed by atoms with Crippen LogP contribution in [0.4, 0.5) is 10.6 Å². The number of phenolic OH excluding ortho intramolecular Hbond substituents is 1. The summed E-state index contributed by atoms with van der Waals surface area (Å²) >= 11 is 0. The molecule has 1 aromatic carbocycles. The van der Waals surface area contributed by atoms with Gasteiger partial charge in [-0.15, -0.1) is 0 Å². The molecule has 1 aliphatic rings. The maximum absolute atomic E-state index is 11.7. The predicted molar refractivity (Wildman–Crippen MR) is 116 cm³/mol. The Kier molecular flexibility index (Phi) is 6.72. The highest BCUT2D eigenvalue weighted by atomic mass is 16.6. The molecule has 0 aliphatic carbocycles. The fourth-order valence-corrected chi connectivity index (χ4v) is 3.51. The minimum Gasteiger partial charge on any atom is -0.508 e. The quantitative estimate of drug-likeness (QED) is 0.214. The number of phenols is 1. The smallest absolute Gasteiger partial charge is 0.323 e. The first-order valence-electron chi connectivity index (χ1n) is 10.3. The highest BCUT2D eigenvalue weighted by Gasteiger charge is 2.44. The van der Waals surface area contributed by atoms with E-state index >= 15 is 0 Å². The van der Waals surface area contributed by atoms with Gasteiger partial charge in [-0.05, 0) is 17.7 Å². The van der Waals surface area contributed by atoms with Crippen LogP contribution in [0.2, 0.25) is 0 Å². The zero-order valence-electron chi connectivity index (χ0n) is 17.7. The SMILES string of the molecule is O=C(O)CNC(=O)NCC1OC(n2cnc3c(NCc4ccc(O)cc4)ncnc32)C(O)C1O. The van der Waals surface area contributed by atoms with Crippen molar-refractivity contribution < 1.29 is 34.8 Å². The molecule has 4 rings (SSSR count). The summed E-state index contributed by atoms with van der Waals surface area (Å²) < 4.78 is 7.21. The second-order valence-electron chi connectivity index (χ2n) is 7.57. The second-order valence-corrected chi connectivity index (χ2v) is 7.57. The number of urea groups is 1. The first-order chi connectivity index (χ1) is 16.3. The summed E-state index contributed by atoms with van der Waals surface area (Å²) in [6.07, 6.45) is -1.92. The Morgan fingerprint density at radius 3 is 2.56 bits per heavy atom. The Labute approximate surface area is 192 Å². The number of nitrogens with zero attached hydrogens (tertiary/aromatic N) is 4. The summed E-state index contributed by atoms with van der Waals surface area (Å²) in [5.41, 5.74) is 1.68. The number of aliphatic carboxylic acids is 1. The van der Waals surface area contributed by atoms with Crippen LogP contribution in [0.25, 0.3) is 11.2 Å². The van der Waals surface area contributed by atoms with Crippen molar-refractivity contribution >= 4 is 29.0 Å². The van der Waals surface area contributed by atoms with Crippen LogP contribution in [-0.2, 0) is 16.1 Å². The molecule has 1 fully saturated rings. The Morgan fingerprint density at radius 2 is 1.82 bits per heavy atom. The number of aromatic nitrogens is 4. The maximum atomic E-state index is 11.7. The minimum atomic E-state index is -1.34. The zero-order chi connectivity index (χ0) is 24.2. The van der Waals surface area contributed by atoms with Crippen molar-refractivity contribution in [3.63, 3.8) is 0 Å². The fourth-order valence-electron chi connectivity index (χ4n) is 3.51. The van der Waals surface area contributed by atoms with E-state index in [1.807, 2.05) is 0 Å². The molecule has 1 saturated heterocycles. The van der Waals surface area contributed by atoms with Gasteiger partial charge in [-0.1, -0.05) is 12.1 Å². The first-order valence-corrected chi connectivity index (χ1v) is 10.3. The number of benzene rings is 1. The molecule has 0 saturated carbocycles. The summed E-state index contributed by atoms with van der Waals surface area (Å²) in [6, 6.07) is 5.93. The van der Waals surface area contributed by atoms with E-state index in [9.17, 15) is 24.9 Å².